The van der Waals surface area contributed by atoms with E-state index >= 15 is 0 Å². The minimum Gasteiger partial charge on any atom is -0.300 e. The number of benzene rings is 2. The molecule has 0 saturated carbocycles. The summed E-state index contributed by atoms with van der Waals surface area (Å²) < 4.78 is 26.8. The molecule has 0 bridgehead atoms. The average molecular weight is 343 g/mol. The summed E-state index contributed by atoms with van der Waals surface area (Å²) >= 11 is 0. The third-order valence-corrected chi connectivity index (χ3v) is 5.28. The van der Waals surface area contributed by atoms with Crippen molar-refractivity contribution < 1.29 is 8.42 Å². The van der Waals surface area contributed by atoms with Crippen LogP contribution in [0.25, 0.3) is 0 Å². The quantitative estimate of drug-likeness (QED) is 0.906. The van der Waals surface area contributed by atoms with Crippen molar-refractivity contribution in [1.82, 2.24) is 9.62 Å². The first-order valence-corrected chi connectivity index (χ1v) is 9.36. The molecule has 126 valence electrons. The molecule has 0 aromatic heterocycles. The fraction of sp³-hybridized carbons (Fsp3) is 0.278. The number of nitrogens with zero attached hydrogens (tertiary/aromatic N) is 2. The van der Waals surface area contributed by atoms with Gasteiger partial charge in [-0.2, -0.15) is 0 Å². The molecule has 6 heteroatoms. The van der Waals surface area contributed by atoms with Crippen LogP contribution in [0.1, 0.15) is 18.1 Å². The summed E-state index contributed by atoms with van der Waals surface area (Å²) in [5.74, 6) is 0.436. The van der Waals surface area contributed by atoms with Gasteiger partial charge in [-0.1, -0.05) is 42.5 Å². The Hall–Kier alpha value is -2.18. The summed E-state index contributed by atoms with van der Waals surface area (Å²) in [4.78, 5) is 7.06. The molecular formula is C18H21N3O2S. The summed E-state index contributed by atoms with van der Waals surface area (Å²) in [5, 5.41) is 0. The van der Waals surface area contributed by atoms with Gasteiger partial charge in [0.1, 0.15) is 5.84 Å². The van der Waals surface area contributed by atoms with E-state index in [0.717, 1.165) is 13.1 Å². The normalized spacial score (nSPS) is 18.4. The Labute approximate surface area is 143 Å². The Bertz CT molecular complexity index is 848. The third-order valence-electron chi connectivity index (χ3n) is 3.88. The third kappa shape index (κ3) is 3.66. The van der Waals surface area contributed by atoms with Gasteiger partial charge < -0.3 is 4.90 Å². The zero-order chi connectivity index (χ0) is 17.2. The van der Waals surface area contributed by atoms with Crippen LogP contribution in [0.2, 0.25) is 0 Å². The van der Waals surface area contributed by atoms with Crippen LogP contribution in [0.3, 0.4) is 0 Å². The van der Waals surface area contributed by atoms with Crippen molar-refractivity contribution >= 4 is 15.9 Å². The standard InChI is InChI=1S/C18H21N3O2S/c1-14(12-21(2)13-15-8-4-3-5-9-15)19-18-16-10-6-7-11-17(16)24(22,23)20-18/h3-11,14H,12-13H2,1-2H3,(H,19,20). The van der Waals surface area contributed by atoms with Gasteiger partial charge in [0.15, 0.2) is 0 Å². The van der Waals surface area contributed by atoms with Crippen molar-refractivity contribution in [1.29, 1.82) is 0 Å². The van der Waals surface area contributed by atoms with Crippen molar-refractivity contribution in [3.05, 3.63) is 65.7 Å². The molecule has 0 saturated heterocycles. The Balaban J connectivity index is 1.71. The number of sulfonamides is 1. The van der Waals surface area contributed by atoms with E-state index in [-0.39, 0.29) is 6.04 Å². The van der Waals surface area contributed by atoms with Gasteiger partial charge in [0.05, 0.1) is 10.9 Å². The average Bonchev–Trinajstić information content (AvgIpc) is 2.79. The van der Waals surface area contributed by atoms with Crippen molar-refractivity contribution in [3.8, 4) is 0 Å². The number of likely N-dealkylation sites (N-methyl/N-ethyl adjacent to an activating group) is 1. The molecule has 1 unspecified atom stereocenters. The Kier molecular flexibility index (Phi) is 4.69. The summed E-state index contributed by atoms with van der Waals surface area (Å²) in [5.41, 5.74) is 1.89. The zero-order valence-electron chi connectivity index (χ0n) is 13.8. The van der Waals surface area contributed by atoms with Crippen LogP contribution in [0.15, 0.2) is 64.5 Å². The topological polar surface area (TPSA) is 61.8 Å². The van der Waals surface area contributed by atoms with Crippen LogP contribution in [0.4, 0.5) is 0 Å². The molecule has 1 aliphatic heterocycles. The first kappa shape index (κ1) is 16.7. The molecule has 0 radical (unpaired) electrons. The number of nitrogens with one attached hydrogen (secondary N) is 1. The van der Waals surface area contributed by atoms with Crippen LogP contribution < -0.4 is 4.72 Å². The highest BCUT2D eigenvalue weighted by molar-refractivity contribution is 7.90. The van der Waals surface area contributed by atoms with E-state index < -0.39 is 10.0 Å². The van der Waals surface area contributed by atoms with E-state index in [9.17, 15) is 8.42 Å². The predicted molar refractivity (Wildman–Crippen MR) is 95.5 cm³/mol. The lowest BCUT2D eigenvalue weighted by atomic mass is 10.2. The second-order valence-corrected chi connectivity index (χ2v) is 7.76. The molecule has 1 atom stereocenters. The molecule has 2 aromatic rings. The SMILES string of the molecule is CC(CN(C)Cc1ccccc1)N=C1NS(=O)(=O)c2ccccc21. The minimum atomic E-state index is -3.47. The molecule has 0 spiro atoms. The Morgan fingerprint density at radius 1 is 1.08 bits per heavy atom. The number of hydrogen-bond donors (Lipinski definition) is 1. The maximum atomic E-state index is 12.1. The van der Waals surface area contributed by atoms with E-state index in [4.69, 9.17) is 0 Å². The fourth-order valence-electron chi connectivity index (χ4n) is 2.90. The molecule has 0 aliphatic carbocycles. The van der Waals surface area contributed by atoms with E-state index in [2.05, 4.69) is 26.7 Å². The van der Waals surface area contributed by atoms with Crippen LogP contribution in [0, 0.1) is 0 Å². The molecule has 3 rings (SSSR count). The molecule has 1 heterocycles. The summed E-state index contributed by atoms with van der Waals surface area (Å²) in [6.45, 7) is 3.56. The first-order chi connectivity index (χ1) is 11.5. The van der Waals surface area contributed by atoms with Gasteiger partial charge in [-0.05, 0) is 31.7 Å². The van der Waals surface area contributed by atoms with Crippen molar-refractivity contribution in [2.45, 2.75) is 24.4 Å². The van der Waals surface area contributed by atoms with Crippen molar-refractivity contribution in [2.24, 2.45) is 4.99 Å². The smallest absolute Gasteiger partial charge is 0.263 e. The highest BCUT2D eigenvalue weighted by Gasteiger charge is 2.30. The lowest BCUT2D eigenvalue weighted by Crippen LogP contribution is -2.29. The largest absolute Gasteiger partial charge is 0.300 e. The van der Waals surface area contributed by atoms with Gasteiger partial charge in [-0.3, -0.25) is 9.71 Å². The lowest BCUT2D eigenvalue weighted by Gasteiger charge is -2.19. The van der Waals surface area contributed by atoms with Gasteiger partial charge in [-0.15, -0.1) is 0 Å². The van der Waals surface area contributed by atoms with Crippen molar-refractivity contribution in [2.75, 3.05) is 13.6 Å². The van der Waals surface area contributed by atoms with Crippen molar-refractivity contribution in [3.63, 3.8) is 0 Å². The number of fused-ring (bicyclic) bond motifs is 1. The second-order valence-electron chi connectivity index (χ2n) is 6.11. The highest BCUT2D eigenvalue weighted by atomic mass is 32.2. The molecule has 0 fully saturated rings. The molecule has 1 N–H and O–H groups in total. The second kappa shape index (κ2) is 6.75. The maximum Gasteiger partial charge on any atom is 0.263 e. The van der Waals surface area contributed by atoms with Gasteiger partial charge in [-0.25, -0.2) is 8.42 Å². The maximum absolute atomic E-state index is 12.1. The van der Waals surface area contributed by atoms with Gasteiger partial charge >= 0.3 is 0 Å². The molecule has 2 aromatic carbocycles. The summed E-state index contributed by atoms with van der Waals surface area (Å²) in [6, 6.07) is 17.1. The van der Waals surface area contributed by atoms with Gasteiger partial charge in [0, 0.05) is 18.7 Å². The molecule has 24 heavy (non-hydrogen) atoms. The minimum absolute atomic E-state index is 0.0254. The number of hydrogen-bond acceptors (Lipinski definition) is 4. The molecular weight excluding hydrogens is 322 g/mol. The number of rotatable bonds is 5. The van der Waals surface area contributed by atoms with Crippen LogP contribution in [-0.4, -0.2) is 38.8 Å². The van der Waals surface area contributed by atoms with E-state index in [1.165, 1.54) is 5.56 Å². The predicted octanol–water partition coefficient (Wildman–Crippen LogP) is 2.25. The Morgan fingerprint density at radius 2 is 1.75 bits per heavy atom. The number of amidine groups is 1. The molecule has 1 aliphatic rings. The number of aliphatic imine (C=N–C) groups is 1. The van der Waals surface area contributed by atoms with Crippen LogP contribution in [0.5, 0.6) is 0 Å². The summed E-state index contributed by atoms with van der Waals surface area (Å²) in [6.07, 6.45) is 0. The van der Waals surface area contributed by atoms with Gasteiger partial charge in [0.25, 0.3) is 10.0 Å². The Morgan fingerprint density at radius 3 is 2.50 bits per heavy atom. The highest BCUT2D eigenvalue weighted by Crippen LogP contribution is 2.22. The summed E-state index contributed by atoms with van der Waals surface area (Å²) in [7, 11) is -1.43. The molecule has 5 nitrogen and oxygen atoms in total. The van der Waals surface area contributed by atoms with Crippen LogP contribution in [-0.2, 0) is 16.6 Å². The van der Waals surface area contributed by atoms with E-state index in [1.807, 2.05) is 38.2 Å². The lowest BCUT2D eigenvalue weighted by molar-refractivity contribution is 0.310. The van der Waals surface area contributed by atoms with E-state index in [1.54, 1.807) is 18.2 Å². The fourth-order valence-corrected chi connectivity index (χ4v) is 4.14. The first-order valence-electron chi connectivity index (χ1n) is 7.88. The van der Waals surface area contributed by atoms with Crippen LogP contribution >= 0.6 is 0 Å². The zero-order valence-corrected chi connectivity index (χ0v) is 14.6. The van der Waals surface area contributed by atoms with E-state index in [0.29, 0.717) is 16.3 Å². The molecule has 0 amide bonds. The van der Waals surface area contributed by atoms with Gasteiger partial charge in [0.2, 0.25) is 0 Å². The monoisotopic (exact) mass is 343 g/mol.